The van der Waals surface area contributed by atoms with Crippen LogP contribution < -0.4 is 5.32 Å². The normalized spacial score (nSPS) is 26.8. The van der Waals surface area contributed by atoms with Crippen molar-refractivity contribution >= 4 is 5.91 Å². The van der Waals surface area contributed by atoms with E-state index in [2.05, 4.69) is 22.1 Å². The number of nitrogens with zero attached hydrogens (tertiary/aromatic N) is 1. The van der Waals surface area contributed by atoms with Crippen LogP contribution in [0.3, 0.4) is 0 Å². The molecule has 2 aliphatic heterocycles. The predicted octanol–water partition coefficient (Wildman–Crippen LogP) is 3.70. The molecule has 1 unspecified atom stereocenters. The van der Waals surface area contributed by atoms with Crippen molar-refractivity contribution in [3.8, 4) is 11.8 Å². The summed E-state index contributed by atoms with van der Waals surface area (Å²) in [6, 6.07) is 9.44. The highest BCUT2D eigenvalue weighted by molar-refractivity contribution is 5.87. The molecule has 0 radical (unpaired) electrons. The molecule has 1 aromatic carbocycles. The van der Waals surface area contributed by atoms with Gasteiger partial charge in [-0.05, 0) is 55.9 Å². The molecule has 5 rings (SSSR count). The number of fused-ring (bicyclic) bond motifs is 4. The van der Waals surface area contributed by atoms with Gasteiger partial charge in [0.2, 0.25) is 0 Å². The van der Waals surface area contributed by atoms with Gasteiger partial charge >= 0.3 is 0 Å². The maximum Gasteiger partial charge on any atom is 0.257 e. The number of hydrogen-bond donors (Lipinski definition) is 2. The Hall–Kier alpha value is -1.83. The minimum Gasteiger partial charge on any atom is -0.375 e. The molecule has 2 aliphatic carbocycles. The van der Waals surface area contributed by atoms with E-state index in [1.165, 1.54) is 45.2 Å². The van der Waals surface area contributed by atoms with Crippen molar-refractivity contribution in [1.82, 2.24) is 10.2 Å². The van der Waals surface area contributed by atoms with Crippen LogP contribution in [0.2, 0.25) is 0 Å². The van der Waals surface area contributed by atoms with Gasteiger partial charge in [0.25, 0.3) is 5.91 Å². The zero-order chi connectivity index (χ0) is 20.8. The molecular weight excluding hydrogens is 372 g/mol. The Kier molecular flexibility index (Phi) is 7.12. The van der Waals surface area contributed by atoms with Crippen molar-refractivity contribution in [2.75, 3.05) is 26.2 Å². The minimum atomic E-state index is -1.46. The quantitative estimate of drug-likeness (QED) is 0.731. The predicted molar refractivity (Wildman–Crippen MR) is 120 cm³/mol. The molecule has 4 aliphatic rings. The van der Waals surface area contributed by atoms with E-state index in [9.17, 15) is 9.90 Å². The lowest BCUT2D eigenvalue weighted by Crippen LogP contribution is -2.50. The third-order valence-corrected chi connectivity index (χ3v) is 7.52. The van der Waals surface area contributed by atoms with Crippen LogP contribution in [-0.2, 0) is 10.4 Å². The molecule has 4 fully saturated rings. The third kappa shape index (κ3) is 4.90. The van der Waals surface area contributed by atoms with Gasteiger partial charge in [0.05, 0.1) is 13.1 Å². The Morgan fingerprint density at radius 1 is 0.967 bits per heavy atom. The largest absolute Gasteiger partial charge is 0.375 e. The summed E-state index contributed by atoms with van der Waals surface area (Å²) >= 11 is 0. The molecule has 2 saturated carbocycles. The minimum absolute atomic E-state index is 0.0332. The topological polar surface area (TPSA) is 52.6 Å². The van der Waals surface area contributed by atoms with E-state index in [1.54, 1.807) is 0 Å². The fourth-order valence-corrected chi connectivity index (χ4v) is 5.78. The summed E-state index contributed by atoms with van der Waals surface area (Å²) in [4.78, 5) is 15.6. The summed E-state index contributed by atoms with van der Waals surface area (Å²) in [6.45, 7) is 3.43. The van der Waals surface area contributed by atoms with E-state index in [0.29, 0.717) is 12.1 Å². The number of aliphatic hydroxyl groups is 1. The van der Waals surface area contributed by atoms with Crippen molar-refractivity contribution in [1.29, 1.82) is 0 Å². The molecular formula is C26H36N2O2. The smallest absolute Gasteiger partial charge is 0.257 e. The zero-order valence-corrected chi connectivity index (χ0v) is 18.1. The number of benzene rings is 1. The Morgan fingerprint density at radius 2 is 1.60 bits per heavy atom. The number of hydrogen-bond acceptors (Lipinski definition) is 3. The van der Waals surface area contributed by atoms with Crippen molar-refractivity contribution < 1.29 is 9.90 Å². The van der Waals surface area contributed by atoms with Crippen LogP contribution >= 0.6 is 0 Å². The Morgan fingerprint density at radius 3 is 2.23 bits per heavy atom. The molecule has 2 heterocycles. The Balaban J connectivity index is 1.35. The van der Waals surface area contributed by atoms with Crippen molar-refractivity contribution in [3.05, 3.63) is 35.9 Å². The number of amides is 1. The van der Waals surface area contributed by atoms with Crippen LogP contribution in [0, 0.1) is 29.6 Å². The number of carbonyl (C=O) groups excluding carboxylic acids is 1. The van der Waals surface area contributed by atoms with Gasteiger partial charge < -0.3 is 10.4 Å². The average Bonchev–Trinajstić information content (AvgIpc) is 3.12. The van der Waals surface area contributed by atoms with E-state index in [4.69, 9.17) is 0 Å². The standard InChI is InChI=1S/C26H36N2O2/c29-25(26(30,23-9-3-1-4-10-23)24-11-5-2-6-12-24)27-17-7-8-18-28-19-21-13-14-22(20-28)16-15-21/h1,3-4,9-10,21-22,24,30H,2,5-6,11-20H2,(H,27,29). The second kappa shape index (κ2) is 9.98. The molecule has 2 saturated heterocycles. The molecule has 162 valence electrons. The van der Waals surface area contributed by atoms with Crippen LogP contribution in [0.1, 0.15) is 63.4 Å². The summed E-state index contributed by atoms with van der Waals surface area (Å²) in [7, 11) is 0. The molecule has 0 spiro atoms. The average molecular weight is 409 g/mol. The summed E-state index contributed by atoms with van der Waals surface area (Å²) in [5, 5.41) is 14.5. The van der Waals surface area contributed by atoms with Crippen molar-refractivity contribution in [2.24, 2.45) is 17.8 Å². The maximum atomic E-state index is 13.1. The Labute approximate surface area is 181 Å². The van der Waals surface area contributed by atoms with Gasteiger partial charge in [-0.25, -0.2) is 0 Å². The van der Waals surface area contributed by atoms with Crippen LogP contribution in [0.4, 0.5) is 0 Å². The molecule has 1 aromatic rings. The van der Waals surface area contributed by atoms with E-state index in [-0.39, 0.29) is 11.8 Å². The van der Waals surface area contributed by atoms with Crippen LogP contribution in [0.15, 0.2) is 30.3 Å². The van der Waals surface area contributed by atoms with Gasteiger partial charge in [0.1, 0.15) is 0 Å². The van der Waals surface area contributed by atoms with Crippen LogP contribution in [0.5, 0.6) is 0 Å². The fourth-order valence-electron chi connectivity index (χ4n) is 5.78. The molecule has 2 bridgehead atoms. The first-order valence-electron chi connectivity index (χ1n) is 11.9. The van der Waals surface area contributed by atoms with Crippen LogP contribution in [-0.4, -0.2) is 42.1 Å². The first-order valence-corrected chi connectivity index (χ1v) is 11.9. The van der Waals surface area contributed by atoms with E-state index >= 15 is 0 Å². The van der Waals surface area contributed by atoms with E-state index in [0.717, 1.165) is 44.1 Å². The van der Waals surface area contributed by atoms with Gasteiger partial charge in [-0.1, -0.05) is 61.4 Å². The van der Waals surface area contributed by atoms with Gasteiger partial charge in [0.15, 0.2) is 5.60 Å². The molecule has 0 aromatic heterocycles. The lowest BCUT2D eigenvalue weighted by molar-refractivity contribution is -0.149. The monoisotopic (exact) mass is 408 g/mol. The van der Waals surface area contributed by atoms with E-state index < -0.39 is 5.60 Å². The zero-order valence-electron chi connectivity index (χ0n) is 18.1. The number of nitrogens with one attached hydrogen (secondary N) is 1. The Bertz CT molecular complexity index is 740. The number of carbonyl (C=O) groups is 1. The SMILES string of the molecule is O=C(NCC#CCN1CC2CCC(CC2)C1)C(O)(c1ccccc1)C1CCCCC1. The van der Waals surface area contributed by atoms with Gasteiger partial charge in [-0.3, -0.25) is 9.69 Å². The fraction of sp³-hybridized carbons (Fsp3) is 0.654. The van der Waals surface area contributed by atoms with E-state index in [1.807, 2.05) is 30.3 Å². The van der Waals surface area contributed by atoms with Crippen molar-refractivity contribution in [3.63, 3.8) is 0 Å². The lowest BCUT2D eigenvalue weighted by atomic mass is 9.73. The third-order valence-electron chi connectivity index (χ3n) is 7.52. The lowest BCUT2D eigenvalue weighted by Gasteiger charge is -2.37. The maximum absolute atomic E-state index is 13.1. The van der Waals surface area contributed by atoms with Gasteiger partial charge in [-0.15, -0.1) is 0 Å². The highest BCUT2D eigenvalue weighted by Crippen LogP contribution is 2.39. The summed E-state index contributed by atoms with van der Waals surface area (Å²) in [5.74, 6) is 7.74. The first-order chi connectivity index (χ1) is 14.7. The summed E-state index contributed by atoms with van der Waals surface area (Å²) < 4.78 is 0. The molecule has 1 atom stereocenters. The van der Waals surface area contributed by atoms with Crippen molar-refractivity contribution in [2.45, 2.75) is 63.4 Å². The van der Waals surface area contributed by atoms with Crippen LogP contribution in [0.25, 0.3) is 0 Å². The summed E-state index contributed by atoms with van der Waals surface area (Å²) in [5.41, 5.74) is -0.768. The van der Waals surface area contributed by atoms with Gasteiger partial charge in [-0.2, -0.15) is 0 Å². The summed E-state index contributed by atoms with van der Waals surface area (Å²) in [6.07, 6.45) is 10.6. The molecule has 2 N–H and O–H groups in total. The second-order valence-electron chi connectivity index (χ2n) is 9.58. The number of rotatable bonds is 5. The first kappa shape index (κ1) is 21.4. The molecule has 1 amide bonds. The molecule has 4 nitrogen and oxygen atoms in total. The van der Waals surface area contributed by atoms with Gasteiger partial charge in [0, 0.05) is 19.0 Å². The highest BCUT2D eigenvalue weighted by Gasteiger charge is 2.45. The molecule has 4 heteroatoms. The molecule has 30 heavy (non-hydrogen) atoms. The highest BCUT2D eigenvalue weighted by atomic mass is 16.3. The second-order valence-corrected chi connectivity index (χ2v) is 9.58.